The van der Waals surface area contributed by atoms with Gasteiger partial charge in [0.05, 0.1) is 4.90 Å². The zero-order valence-electron chi connectivity index (χ0n) is 8.21. The Bertz CT molecular complexity index is 585. The molecule has 0 aliphatic carbocycles. The molecule has 0 amide bonds. The van der Waals surface area contributed by atoms with Crippen molar-refractivity contribution in [3.05, 3.63) is 42.5 Å². The van der Waals surface area contributed by atoms with Crippen molar-refractivity contribution in [2.24, 2.45) is 0 Å². The summed E-state index contributed by atoms with van der Waals surface area (Å²) in [7, 11) is -2.21. The summed E-state index contributed by atoms with van der Waals surface area (Å²) in [5.74, 6) is 0. The number of rotatable bonds is 2. The highest BCUT2D eigenvalue weighted by atomic mass is 32.2. The van der Waals surface area contributed by atoms with E-state index in [0.29, 0.717) is 5.39 Å². The molecule has 0 spiro atoms. The molecule has 2 rings (SSSR count). The lowest BCUT2D eigenvalue weighted by molar-refractivity contribution is 0.588. The summed E-state index contributed by atoms with van der Waals surface area (Å²) in [4.78, 5) is 0.267. The van der Waals surface area contributed by atoms with Gasteiger partial charge in [-0.15, -0.1) is 4.72 Å². The zero-order valence-corrected chi connectivity index (χ0v) is 9.03. The third-order valence-electron chi connectivity index (χ3n) is 2.27. The summed E-state index contributed by atoms with van der Waals surface area (Å²) >= 11 is 0. The van der Waals surface area contributed by atoms with E-state index in [9.17, 15) is 8.42 Å². The lowest BCUT2D eigenvalue weighted by Gasteiger charge is -2.04. The minimum atomic E-state index is -3.50. The Morgan fingerprint density at radius 1 is 1.00 bits per heavy atom. The van der Waals surface area contributed by atoms with E-state index >= 15 is 0 Å². The highest BCUT2D eigenvalue weighted by molar-refractivity contribution is 7.89. The maximum atomic E-state index is 11.6. The van der Waals surface area contributed by atoms with Gasteiger partial charge < -0.3 is 0 Å². The first-order valence-electron chi connectivity index (χ1n) is 4.49. The second-order valence-electron chi connectivity index (χ2n) is 3.13. The van der Waals surface area contributed by atoms with Crippen molar-refractivity contribution in [3.8, 4) is 0 Å². The summed E-state index contributed by atoms with van der Waals surface area (Å²) in [6, 6.07) is 12.5. The Morgan fingerprint density at radius 3 is 2.40 bits per heavy atom. The third-order valence-corrected chi connectivity index (χ3v) is 3.66. The average Bonchev–Trinajstić information content (AvgIpc) is 2.28. The van der Waals surface area contributed by atoms with Crippen LogP contribution in [0.2, 0.25) is 0 Å². The maximum Gasteiger partial charge on any atom is 0.257 e. The molecule has 0 aliphatic heterocycles. The standard InChI is InChI=1S/C11H10NO2S/c1-12-15(13,14)11-8-4-6-9-5-2-3-7-10(9)11/h2-8H,1H3. The van der Waals surface area contributed by atoms with Crippen LogP contribution >= 0.6 is 0 Å². The van der Waals surface area contributed by atoms with Crippen LogP contribution in [-0.4, -0.2) is 15.5 Å². The smallest absolute Gasteiger partial charge is 0.206 e. The molecule has 3 nitrogen and oxygen atoms in total. The summed E-state index contributed by atoms with van der Waals surface area (Å²) in [6.07, 6.45) is 0. The van der Waals surface area contributed by atoms with Gasteiger partial charge in [-0.1, -0.05) is 36.4 Å². The predicted molar refractivity (Wildman–Crippen MR) is 59.2 cm³/mol. The summed E-state index contributed by atoms with van der Waals surface area (Å²) in [5.41, 5.74) is 0. The van der Waals surface area contributed by atoms with Crippen molar-refractivity contribution >= 4 is 20.8 Å². The fourth-order valence-corrected chi connectivity index (χ4v) is 2.43. The molecular formula is C11H10NO2S. The van der Waals surface area contributed by atoms with Gasteiger partial charge in [0.2, 0.25) is 0 Å². The first-order chi connectivity index (χ1) is 7.15. The van der Waals surface area contributed by atoms with Crippen molar-refractivity contribution in [2.75, 3.05) is 7.05 Å². The lowest BCUT2D eigenvalue weighted by atomic mass is 10.1. The molecule has 2 aromatic rings. The molecule has 1 radical (unpaired) electrons. The van der Waals surface area contributed by atoms with Crippen molar-refractivity contribution in [2.45, 2.75) is 4.90 Å². The van der Waals surface area contributed by atoms with E-state index in [1.54, 1.807) is 18.2 Å². The molecule has 0 aliphatic rings. The van der Waals surface area contributed by atoms with Crippen LogP contribution in [0, 0.1) is 0 Å². The van der Waals surface area contributed by atoms with E-state index in [-0.39, 0.29) is 4.90 Å². The molecule has 0 aromatic heterocycles. The topological polar surface area (TPSA) is 48.2 Å². The van der Waals surface area contributed by atoms with Crippen LogP contribution in [0.25, 0.3) is 10.8 Å². The number of nitrogens with zero attached hydrogens (tertiary/aromatic N) is 1. The van der Waals surface area contributed by atoms with Crippen molar-refractivity contribution in [1.29, 1.82) is 0 Å². The van der Waals surface area contributed by atoms with Crippen LogP contribution in [0.4, 0.5) is 0 Å². The van der Waals surface area contributed by atoms with Gasteiger partial charge in [0.1, 0.15) is 0 Å². The van der Waals surface area contributed by atoms with Gasteiger partial charge in [-0.25, -0.2) is 8.42 Å². The Balaban J connectivity index is 2.83. The predicted octanol–water partition coefficient (Wildman–Crippen LogP) is 1.76. The van der Waals surface area contributed by atoms with Gasteiger partial charge in [-0.3, -0.25) is 0 Å². The quantitative estimate of drug-likeness (QED) is 0.774. The molecule has 0 unspecified atom stereocenters. The number of sulfonamides is 1. The minimum Gasteiger partial charge on any atom is -0.206 e. The number of fused-ring (bicyclic) bond motifs is 1. The first-order valence-corrected chi connectivity index (χ1v) is 5.93. The Kier molecular flexibility index (Phi) is 2.46. The molecule has 15 heavy (non-hydrogen) atoms. The second-order valence-corrected chi connectivity index (χ2v) is 4.89. The van der Waals surface area contributed by atoms with Crippen LogP contribution in [0.5, 0.6) is 0 Å². The number of hydrogen-bond donors (Lipinski definition) is 0. The fourth-order valence-electron chi connectivity index (χ4n) is 1.52. The monoisotopic (exact) mass is 220 g/mol. The van der Waals surface area contributed by atoms with Crippen LogP contribution < -0.4 is 4.72 Å². The molecule has 0 fully saturated rings. The average molecular weight is 220 g/mol. The Morgan fingerprint density at radius 2 is 1.67 bits per heavy atom. The minimum absolute atomic E-state index is 0.267. The van der Waals surface area contributed by atoms with Gasteiger partial charge >= 0.3 is 0 Å². The molecule has 4 heteroatoms. The highest BCUT2D eigenvalue weighted by Crippen LogP contribution is 2.22. The van der Waals surface area contributed by atoms with E-state index in [2.05, 4.69) is 4.72 Å². The van der Waals surface area contributed by atoms with Gasteiger partial charge in [0.25, 0.3) is 10.0 Å². The van der Waals surface area contributed by atoms with E-state index in [1.807, 2.05) is 24.3 Å². The van der Waals surface area contributed by atoms with Gasteiger partial charge in [0.15, 0.2) is 0 Å². The molecule has 0 atom stereocenters. The van der Waals surface area contributed by atoms with Crippen LogP contribution in [-0.2, 0) is 10.0 Å². The van der Waals surface area contributed by atoms with Crippen molar-refractivity contribution < 1.29 is 8.42 Å². The van der Waals surface area contributed by atoms with E-state index in [0.717, 1.165) is 5.39 Å². The summed E-state index contributed by atoms with van der Waals surface area (Å²) < 4.78 is 26.7. The Labute approximate surface area is 88.8 Å². The van der Waals surface area contributed by atoms with Crippen molar-refractivity contribution in [3.63, 3.8) is 0 Å². The molecule has 0 heterocycles. The van der Waals surface area contributed by atoms with Crippen molar-refractivity contribution in [1.82, 2.24) is 4.72 Å². The largest absolute Gasteiger partial charge is 0.257 e. The fraction of sp³-hybridized carbons (Fsp3) is 0.0909. The molecular weight excluding hydrogens is 210 g/mol. The summed E-state index contributed by atoms with van der Waals surface area (Å²) in [6.45, 7) is 0. The van der Waals surface area contributed by atoms with E-state index < -0.39 is 10.0 Å². The zero-order chi connectivity index (χ0) is 10.9. The van der Waals surface area contributed by atoms with Crippen LogP contribution in [0.1, 0.15) is 0 Å². The SMILES string of the molecule is C[N]S(=O)(=O)c1cccc2ccccc12. The van der Waals surface area contributed by atoms with Gasteiger partial charge in [-0.2, -0.15) is 0 Å². The van der Waals surface area contributed by atoms with E-state index in [4.69, 9.17) is 0 Å². The first kappa shape index (κ1) is 10.1. The number of hydrogen-bond acceptors (Lipinski definition) is 2. The van der Waals surface area contributed by atoms with Gasteiger partial charge in [0, 0.05) is 12.4 Å². The van der Waals surface area contributed by atoms with E-state index in [1.165, 1.54) is 7.05 Å². The third kappa shape index (κ3) is 1.73. The normalized spacial score (nSPS) is 11.8. The molecule has 0 saturated heterocycles. The second kappa shape index (κ2) is 3.64. The number of benzene rings is 2. The molecule has 0 bridgehead atoms. The molecule has 77 valence electrons. The van der Waals surface area contributed by atoms with Gasteiger partial charge in [-0.05, 0) is 11.5 Å². The lowest BCUT2D eigenvalue weighted by Crippen LogP contribution is -2.11. The summed E-state index contributed by atoms with van der Waals surface area (Å²) in [5, 5.41) is 1.62. The van der Waals surface area contributed by atoms with Crippen LogP contribution in [0.15, 0.2) is 47.4 Å². The highest BCUT2D eigenvalue weighted by Gasteiger charge is 2.15. The van der Waals surface area contributed by atoms with Crippen LogP contribution in [0.3, 0.4) is 0 Å². The Hall–Kier alpha value is -1.39. The molecule has 0 N–H and O–H groups in total. The maximum absolute atomic E-state index is 11.6. The molecule has 2 aromatic carbocycles. The molecule has 0 saturated carbocycles.